The van der Waals surface area contributed by atoms with Crippen LogP contribution in [-0.4, -0.2) is 22.1 Å². The third-order valence-corrected chi connectivity index (χ3v) is 3.56. The average molecular weight is 236 g/mol. The highest BCUT2D eigenvalue weighted by molar-refractivity contribution is 5.97. The lowest BCUT2D eigenvalue weighted by molar-refractivity contribution is 0.0919. The van der Waals surface area contributed by atoms with Crippen LogP contribution in [0.5, 0.6) is 0 Å². The van der Waals surface area contributed by atoms with Crippen LogP contribution in [0.4, 0.5) is 5.69 Å². The van der Waals surface area contributed by atoms with Gasteiger partial charge in [-0.25, -0.2) is 0 Å². The predicted octanol–water partition coefficient (Wildman–Crippen LogP) is 1.61. The molecule has 1 heterocycles. The summed E-state index contributed by atoms with van der Waals surface area (Å²) in [5.41, 5.74) is 7.29. The molecule has 17 heavy (non-hydrogen) atoms. The number of carbonyl (C=O) groups excluding carboxylic acids is 1. The first-order valence-electron chi connectivity index (χ1n) is 6.19. The molecule has 0 spiro atoms. The quantitative estimate of drug-likeness (QED) is 0.729. The van der Waals surface area contributed by atoms with Crippen molar-refractivity contribution in [3.05, 3.63) is 11.4 Å². The van der Waals surface area contributed by atoms with E-state index in [2.05, 4.69) is 22.4 Å². The number of hydrogen-bond donors (Lipinski definition) is 3. The molecule has 1 aliphatic rings. The summed E-state index contributed by atoms with van der Waals surface area (Å²) in [6, 6.07) is 0.273. The number of aryl methyl sites for hydroxylation is 1. The van der Waals surface area contributed by atoms with Crippen LogP contribution < -0.4 is 11.1 Å². The average Bonchev–Trinajstić information content (AvgIpc) is 2.63. The van der Waals surface area contributed by atoms with E-state index in [1.54, 1.807) is 6.92 Å². The summed E-state index contributed by atoms with van der Waals surface area (Å²) in [5.74, 6) is 0.618. The van der Waals surface area contributed by atoms with Crippen molar-refractivity contribution in [3.8, 4) is 0 Å². The number of nitrogens with two attached hydrogens (primary N) is 1. The summed E-state index contributed by atoms with van der Waals surface area (Å²) in [6.45, 7) is 4.06. The summed E-state index contributed by atoms with van der Waals surface area (Å²) in [4.78, 5) is 12.0. The summed E-state index contributed by atoms with van der Waals surface area (Å²) in [6.07, 6.45) is 4.46. The summed E-state index contributed by atoms with van der Waals surface area (Å²) < 4.78 is 0. The molecule has 1 amide bonds. The maximum Gasteiger partial charge on any atom is 0.274 e. The zero-order valence-corrected chi connectivity index (χ0v) is 10.4. The topological polar surface area (TPSA) is 83.8 Å². The van der Waals surface area contributed by atoms with E-state index in [0.717, 1.165) is 24.5 Å². The molecule has 5 nitrogen and oxygen atoms in total. The first-order chi connectivity index (χ1) is 8.08. The van der Waals surface area contributed by atoms with Crippen molar-refractivity contribution in [2.24, 2.45) is 5.92 Å². The standard InChI is InChI=1S/C12H20N4O/c1-7-3-5-9(6-4-7)14-12(17)11-10(13)8(2)15-16-11/h7,9H,3-6,13H2,1-2H3,(H,14,17)(H,15,16). The van der Waals surface area contributed by atoms with Crippen LogP contribution in [0.1, 0.15) is 48.8 Å². The minimum absolute atomic E-state index is 0.161. The fraction of sp³-hybridized carbons (Fsp3) is 0.667. The molecule has 0 unspecified atom stereocenters. The molecule has 0 aliphatic heterocycles. The highest BCUT2D eigenvalue weighted by Gasteiger charge is 2.22. The minimum atomic E-state index is -0.161. The smallest absolute Gasteiger partial charge is 0.274 e. The van der Waals surface area contributed by atoms with Crippen molar-refractivity contribution in [2.75, 3.05) is 5.73 Å². The Morgan fingerprint density at radius 2 is 2.06 bits per heavy atom. The zero-order chi connectivity index (χ0) is 12.4. The van der Waals surface area contributed by atoms with Crippen LogP contribution in [0.2, 0.25) is 0 Å². The van der Waals surface area contributed by atoms with Crippen LogP contribution in [0.3, 0.4) is 0 Å². The molecular weight excluding hydrogens is 216 g/mol. The molecule has 1 aromatic heterocycles. The number of amides is 1. The minimum Gasteiger partial charge on any atom is -0.395 e. The number of hydrogen-bond acceptors (Lipinski definition) is 3. The number of H-pyrrole nitrogens is 1. The number of aromatic amines is 1. The van der Waals surface area contributed by atoms with Gasteiger partial charge >= 0.3 is 0 Å². The van der Waals surface area contributed by atoms with E-state index in [4.69, 9.17) is 5.73 Å². The molecule has 0 saturated heterocycles. The second kappa shape index (κ2) is 4.77. The lowest BCUT2D eigenvalue weighted by Gasteiger charge is -2.26. The largest absolute Gasteiger partial charge is 0.395 e. The Morgan fingerprint density at radius 3 is 2.59 bits per heavy atom. The number of carbonyl (C=O) groups is 1. The molecular formula is C12H20N4O. The van der Waals surface area contributed by atoms with Gasteiger partial charge in [0.1, 0.15) is 0 Å². The summed E-state index contributed by atoms with van der Waals surface area (Å²) in [5, 5.41) is 9.67. The van der Waals surface area contributed by atoms with E-state index < -0.39 is 0 Å². The molecule has 0 radical (unpaired) electrons. The van der Waals surface area contributed by atoms with E-state index >= 15 is 0 Å². The van der Waals surface area contributed by atoms with Crippen LogP contribution in [-0.2, 0) is 0 Å². The van der Waals surface area contributed by atoms with Crippen LogP contribution >= 0.6 is 0 Å². The van der Waals surface area contributed by atoms with Gasteiger partial charge in [0.25, 0.3) is 5.91 Å². The van der Waals surface area contributed by atoms with Gasteiger partial charge in [0, 0.05) is 6.04 Å². The number of nitrogens with zero attached hydrogens (tertiary/aromatic N) is 1. The van der Waals surface area contributed by atoms with Crippen molar-refractivity contribution in [1.29, 1.82) is 0 Å². The highest BCUT2D eigenvalue weighted by atomic mass is 16.2. The fourth-order valence-corrected chi connectivity index (χ4v) is 2.27. The third kappa shape index (κ3) is 2.60. The Balaban J connectivity index is 1.95. The van der Waals surface area contributed by atoms with Gasteiger partial charge in [0.15, 0.2) is 5.69 Å². The van der Waals surface area contributed by atoms with Crippen molar-refractivity contribution in [2.45, 2.75) is 45.6 Å². The molecule has 2 rings (SSSR count). The Hall–Kier alpha value is -1.52. The Bertz CT molecular complexity index is 405. The lowest BCUT2D eigenvalue weighted by atomic mass is 9.87. The number of nitrogen functional groups attached to an aromatic ring is 1. The van der Waals surface area contributed by atoms with Gasteiger partial charge in [0.2, 0.25) is 0 Å². The summed E-state index contributed by atoms with van der Waals surface area (Å²) in [7, 11) is 0. The molecule has 0 bridgehead atoms. The molecule has 0 atom stereocenters. The molecule has 94 valence electrons. The SMILES string of the molecule is Cc1[nH]nc(C(=O)NC2CCC(C)CC2)c1N. The van der Waals surface area contributed by atoms with Gasteiger partial charge in [0.05, 0.1) is 11.4 Å². The van der Waals surface area contributed by atoms with Gasteiger partial charge in [-0.2, -0.15) is 5.10 Å². The molecule has 0 aromatic carbocycles. The number of anilines is 1. The maximum absolute atomic E-state index is 12.0. The monoisotopic (exact) mass is 236 g/mol. The molecule has 1 saturated carbocycles. The van der Waals surface area contributed by atoms with E-state index in [0.29, 0.717) is 11.4 Å². The third-order valence-electron chi connectivity index (χ3n) is 3.56. The normalized spacial score (nSPS) is 24.6. The van der Waals surface area contributed by atoms with Crippen molar-refractivity contribution in [1.82, 2.24) is 15.5 Å². The first kappa shape index (κ1) is 12.0. The number of nitrogens with one attached hydrogen (secondary N) is 2. The summed E-state index contributed by atoms with van der Waals surface area (Å²) >= 11 is 0. The van der Waals surface area contributed by atoms with E-state index in [1.165, 1.54) is 12.8 Å². The van der Waals surface area contributed by atoms with Gasteiger partial charge in [-0.15, -0.1) is 0 Å². The molecule has 1 aliphatic carbocycles. The van der Waals surface area contributed by atoms with Gasteiger partial charge in [-0.3, -0.25) is 9.89 Å². The Kier molecular flexibility index (Phi) is 3.36. The van der Waals surface area contributed by atoms with Gasteiger partial charge < -0.3 is 11.1 Å². The number of rotatable bonds is 2. The number of aromatic nitrogens is 2. The van der Waals surface area contributed by atoms with Gasteiger partial charge in [-0.1, -0.05) is 6.92 Å². The fourth-order valence-electron chi connectivity index (χ4n) is 2.27. The van der Waals surface area contributed by atoms with Crippen LogP contribution in [0.25, 0.3) is 0 Å². The first-order valence-corrected chi connectivity index (χ1v) is 6.19. The Labute approximate surface area is 101 Å². The van der Waals surface area contributed by atoms with E-state index in [9.17, 15) is 4.79 Å². The highest BCUT2D eigenvalue weighted by Crippen LogP contribution is 2.24. The van der Waals surface area contributed by atoms with Crippen LogP contribution in [0.15, 0.2) is 0 Å². The zero-order valence-electron chi connectivity index (χ0n) is 10.4. The van der Waals surface area contributed by atoms with Crippen molar-refractivity contribution < 1.29 is 4.79 Å². The second-order valence-corrected chi connectivity index (χ2v) is 5.04. The second-order valence-electron chi connectivity index (χ2n) is 5.04. The lowest BCUT2D eigenvalue weighted by Crippen LogP contribution is -2.37. The Morgan fingerprint density at radius 1 is 1.41 bits per heavy atom. The maximum atomic E-state index is 12.0. The van der Waals surface area contributed by atoms with Crippen molar-refractivity contribution >= 4 is 11.6 Å². The van der Waals surface area contributed by atoms with Crippen LogP contribution in [0, 0.1) is 12.8 Å². The predicted molar refractivity (Wildman–Crippen MR) is 66.6 cm³/mol. The van der Waals surface area contributed by atoms with Crippen molar-refractivity contribution in [3.63, 3.8) is 0 Å². The van der Waals surface area contributed by atoms with E-state index in [-0.39, 0.29) is 11.9 Å². The molecule has 5 heteroatoms. The molecule has 4 N–H and O–H groups in total. The van der Waals surface area contributed by atoms with Gasteiger partial charge in [-0.05, 0) is 38.5 Å². The molecule has 1 fully saturated rings. The molecule has 1 aromatic rings. The van der Waals surface area contributed by atoms with E-state index in [1.807, 2.05) is 0 Å².